The average molecular weight is 333 g/mol. The number of benzene rings is 1. The molecule has 0 radical (unpaired) electrons. The average Bonchev–Trinajstić information content (AvgIpc) is 2.49. The van der Waals surface area contributed by atoms with Gasteiger partial charge in [0.25, 0.3) is 0 Å². The van der Waals surface area contributed by atoms with Crippen LogP contribution in [0.4, 0.5) is 4.79 Å². The molecule has 5 heteroatoms. The molecule has 1 N–H and O–H groups in total. The molecule has 1 heterocycles. The quantitative estimate of drug-likeness (QED) is 0.852. The lowest BCUT2D eigenvalue weighted by molar-refractivity contribution is -0.143. The lowest BCUT2D eigenvalue weighted by atomic mass is 9.94. The Bertz CT molecular complexity index is 591. The third-order valence-electron chi connectivity index (χ3n) is 4.17. The van der Waals surface area contributed by atoms with Gasteiger partial charge in [-0.15, -0.1) is 0 Å². The summed E-state index contributed by atoms with van der Waals surface area (Å²) in [5, 5.41) is 9.71. The third-order valence-corrected chi connectivity index (χ3v) is 4.17. The number of amides is 1. The number of aliphatic carboxylic acids is 1. The van der Waals surface area contributed by atoms with E-state index in [-0.39, 0.29) is 0 Å². The minimum Gasteiger partial charge on any atom is -0.480 e. The molecule has 0 saturated heterocycles. The standard InChI is InChI=1S/C19H27NO4/c1-19(2,3)24-18(23)20-12-8-4-5-9-14-10-6-7-11-15(14)13-16(20)17(21)22/h6-7,10-11,16H,4-5,8-9,12-13H2,1-3H3,(H,21,22). The number of rotatable bonds is 1. The molecule has 0 saturated carbocycles. The molecule has 24 heavy (non-hydrogen) atoms. The Balaban J connectivity index is 2.31. The zero-order valence-corrected chi connectivity index (χ0v) is 14.7. The third kappa shape index (κ3) is 4.98. The molecule has 1 atom stereocenters. The molecule has 1 unspecified atom stereocenters. The first-order valence-corrected chi connectivity index (χ1v) is 8.57. The van der Waals surface area contributed by atoms with Crippen LogP contribution in [0, 0.1) is 0 Å². The molecule has 0 fully saturated rings. The van der Waals surface area contributed by atoms with Gasteiger partial charge < -0.3 is 9.84 Å². The maximum atomic E-state index is 12.5. The second kappa shape index (κ2) is 7.69. The maximum Gasteiger partial charge on any atom is 0.411 e. The highest BCUT2D eigenvalue weighted by Crippen LogP contribution is 2.21. The number of fused-ring (bicyclic) bond motifs is 1. The van der Waals surface area contributed by atoms with Gasteiger partial charge in [-0.05, 0) is 51.2 Å². The molecule has 1 aromatic carbocycles. The predicted molar refractivity (Wildman–Crippen MR) is 92.1 cm³/mol. The topological polar surface area (TPSA) is 66.8 Å². The van der Waals surface area contributed by atoms with Crippen LogP contribution in [0.5, 0.6) is 0 Å². The molecule has 1 amide bonds. The van der Waals surface area contributed by atoms with Gasteiger partial charge in [0.05, 0.1) is 0 Å². The van der Waals surface area contributed by atoms with E-state index in [0.717, 1.165) is 31.2 Å². The molecular weight excluding hydrogens is 306 g/mol. The van der Waals surface area contributed by atoms with Gasteiger partial charge >= 0.3 is 12.1 Å². The van der Waals surface area contributed by atoms with Crippen LogP contribution in [0.25, 0.3) is 0 Å². The molecule has 0 aromatic heterocycles. The van der Waals surface area contributed by atoms with Gasteiger partial charge in [-0.3, -0.25) is 4.90 Å². The largest absolute Gasteiger partial charge is 0.480 e. The fourth-order valence-corrected chi connectivity index (χ4v) is 3.01. The Kier molecular flexibility index (Phi) is 5.86. The summed E-state index contributed by atoms with van der Waals surface area (Å²) in [6.07, 6.45) is 3.50. The smallest absolute Gasteiger partial charge is 0.411 e. The van der Waals surface area contributed by atoms with Crippen molar-refractivity contribution in [2.24, 2.45) is 0 Å². The van der Waals surface area contributed by atoms with E-state index in [1.807, 2.05) is 24.3 Å². The highest BCUT2D eigenvalue weighted by Gasteiger charge is 2.33. The molecular formula is C19H27NO4. The highest BCUT2D eigenvalue weighted by molar-refractivity contribution is 5.80. The van der Waals surface area contributed by atoms with E-state index in [1.54, 1.807) is 20.8 Å². The lowest BCUT2D eigenvalue weighted by Gasteiger charge is -2.32. The van der Waals surface area contributed by atoms with Gasteiger partial charge in [0, 0.05) is 13.0 Å². The summed E-state index contributed by atoms with van der Waals surface area (Å²) in [5.41, 5.74) is 1.53. The zero-order chi connectivity index (χ0) is 17.7. The van der Waals surface area contributed by atoms with Crippen LogP contribution in [-0.2, 0) is 22.4 Å². The summed E-state index contributed by atoms with van der Waals surface area (Å²) in [6.45, 7) is 5.78. The first kappa shape index (κ1) is 18.3. The van der Waals surface area contributed by atoms with Crippen LogP contribution in [0.2, 0.25) is 0 Å². The van der Waals surface area contributed by atoms with Gasteiger partial charge in [0.2, 0.25) is 0 Å². The normalized spacial score (nSPS) is 19.3. The molecule has 0 aliphatic carbocycles. The van der Waals surface area contributed by atoms with Crippen molar-refractivity contribution in [1.82, 2.24) is 4.90 Å². The first-order valence-electron chi connectivity index (χ1n) is 8.57. The van der Waals surface area contributed by atoms with Crippen molar-refractivity contribution in [3.8, 4) is 0 Å². The molecule has 1 aromatic rings. The lowest BCUT2D eigenvalue weighted by Crippen LogP contribution is -2.49. The van der Waals surface area contributed by atoms with E-state index in [2.05, 4.69) is 0 Å². The number of ether oxygens (including phenoxy) is 1. The number of carbonyl (C=O) groups is 2. The minimum atomic E-state index is -0.990. The van der Waals surface area contributed by atoms with E-state index in [1.165, 1.54) is 10.5 Å². The van der Waals surface area contributed by atoms with E-state index < -0.39 is 23.7 Å². The first-order chi connectivity index (χ1) is 11.3. The SMILES string of the molecule is CC(C)(C)OC(=O)N1CCCCCc2ccccc2CC1C(=O)O. The number of carbonyl (C=O) groups excluding carboxylic acids is 1. The molecule has 0 bridgehead atoms. The monoisotopic (exact) mass is 333 g/mol. The molecule has 1 aliphatic heterocycles. The van der Waals surface area contributed by atoms with Crippen LogP contribution < -0.4 is 0 Å². The van der Waals surface area contributed by atoms with E-state index in [0.29, 0.717) is 13.0 Å². The zero-order valence-electron chi connectivity index (χ0n) is 14.7. The molecule has 1 aliphatic rings. The Labute approximate surface area is 143 Å². The summed E-state index contributed by atoms with van der Waals surface area (Å²) >= 11 is 0. The van der Waals surface area contributed by atoms with Crippen molar-refractivity contribution in [3.63, 3.8) is 0 Å². The maximum absolute atomic E-state index is 12.5. The van der Waals surface area contributed by atoms with Crippen molar-refractivity contribution < 1.29 is 19.4 Å². The molecule has 0 spiro atoms. The van der Waals surface area contributed by atoms with Crippen molar-refractivity contribution in [2.45, 2.75) is 64.5 Å². The number of nitrogens with zero attached hydrogens (tertiary/aromatic N) is 1. The van der Waals surface area contributed by atoms with Gasteiger partial charge in [-0.2, -0.15) is 0 Å². The summed E-state index contributed by atoms with van der Waals surface area (Å²) in [7, 11) is 0. The number of aryl methyl sites for hydroxylation is 1. The molecule has 132 valence electrons. The fraction of sp³-hybridized carbons (Fsp3) is 0.579. The highest BCUT2D eigenvalue weighted by atomic mass is 16.6. The number of carboxylic acids is 1. The van der Waals surface area contributed by atoms with Crippen molar-refractivity contribution in [3.05, 3.63) is 35.4 Å². The molecule has 2 rings (SSSR count). The van der Waals surface area contributed by atoms with Crippen LogP contribution in [0.3, 0.4) is 0 Å². The van der Waals surface area contributed by atoms with E-state index in [4.69, 9.17) is 4.74 Å². The van der Waals surface area contributed by atoms with Crippen LogP contribution in [0.1, 0.15) is 51.2 Å². The van der Waals surface area contributed by atoms with Crippen LogP contribution >= 0.6 is 0 Å². The summed E-state index contributed by atoms with van der Waals surface area (Å²) in [6, 6.07) is 7.00. The predicted octanol–water partition coefficient (Wildman–Crippen LogP) is 3.65. The van der Waals surface area contributed by atoms with Crippen molar-refractivity contribution >= 4 is 12.1 Å². The Morgan fingerprint density at radius 1 is 1.12 bits per heavy atom. The van der Waals surface area contributed by atoms with E-state index in [9.17, 15) is 14.7 Å². The van der Waals surface area contributed by atoms with Crippen LogP contribution in [0.15, 0.2) is 24.3 Å². The number of carboxylic acid groups (broad SMARTS) is 1. The second-order valence-electron chi connectivity index (χ2n) is 7.31. The van der Waals surface area contributed by atoms with Crippen molar-refractivity contribution in [2.75, 3.05) is 6.54 Å². The molecule has 5 nitrogen and oxygen atoms in total. The summed E-state index contributed by atoms with van der Waals surface area (Å²) < 4.78 is 5.44. The van der Waals surface area contributed by atoms with Gasteiger partial charge in [0.15, 0.2) is 0 Å². The number of hydrogen-bond donors (Lipinski definition) is 1. The summed E-state index contributed by atoms with van der Waals surface area (Å²) in [5.74, 6) is -0.990. The van der Waals surface area contributed by atoms with E-state index >= 15 is 0 Å². The minimum absolute atomic E-state index is 0.310. The van der Waals surface area contributed by atoms with Gasteiger partial charge in [-0.1, -0.05) is 30.7 Å². The Morgan fingerprint density at radius 2 is 1.79 bits per heavy atom. The fourth-order valence-electron chi connectivity index (χ4n) is 3.01. The second-order valence-corrected chi connectivity index (χ2v) is 7.31. The summed E-state index contributed by atoms with van der Waals surface area (Å²) in [4.78, 5) is 25.8. The van der Waals surface area contributed by atoms with Gasteiger partial charge in [-0.25, -0.2) is 9.59 Å². The Hall–Kier alpha value is -2.04. The van der Waals surface area contributed by atoms with Crippen molar-refractivity contribution in [1.29, 1.82) is 0 Å². The number of hydrogen-bond acceptors (Lipinski definition) is 3. The van der Waals surface area contributed by atoms with Crippen LogP contribution in [-0.4, -0.2) is 40.3 Å². The Morgan fingerprint density at radius 3 is 2.42 bits per heavy atom. The van der Waals surface area contributed by atoms with Gasteiger partial charge in [0.1, 0.15) is 11.6 Å².